The third-order valence-electron chi connectivity index (χ3n) is 5.48. The lowest BCUT2D eigenvalue weighted by Crippen LogP contribution is -2.23. The van der Waals surface area contributed by atoms with Crippen molar-refractivity contribution >= 4 is 10.9 Å². The van der Waals surface area contributed by atoms with E-state index in [1.165, 1.54) is 0 Å². The summed E-state index contributed by atoms with van der Waals surface area (Å²) in [6.07, 6.45) is 1.74. The Balaban J connectivity index is 1.86. The first-order valence-electron chi connectivity index (χ1n) is 10.2. The van der Waals surface area contributed by atoms with Crippen molar-refractivity contribution in [3.63, 3.8) is 0 Å². The van der Waals surface area contributed by atoms with Gasteiger partial charge in [-0.25, -0.2) is 0 Å². The molecule has 0 radical (unpaired) electrons. The number of H-pyrrole nitrogens is 1. The van der Waals surface area contributed by atoms with Gasteiger partial charge in [-0.1, -0.05) is 43.3 Å². The number of pyridine rings is 1. The van der Waals surface area contributed by atoms with Gasteiger partial charge in [0, 0.05) is 30.6 Å². The topological polar surface area (TPSA) is 92.5 Å². The Hall–Kier alpha value is -3.41. The van der Waals surface area contributed by atoms with Crippen LogP contribution < -0.4 is 10.9 Å². The van der Waals surface area contributed by atoms with Crippen molar-refractivity contribution in [2.24, 2.45) is 0 Å². The van der Waals surface area contributed by atoms with E-state index in [1.54, 1.807) is 0 Å². The zero-order valence-corrected chi connectivity index (χ0v) is 17.5. The predicted octanol–water partition coefficient (Wildman–Crippen LogP) is 4.12. The monoisotopic (exact) mass is 398 g/mol. The molecule has 0 aliphatic heterocycles. The van der Waals surface area contributed by atoms with Crippen LogP contribution in [0.15, 0.2) is 53.3 Å². The number of aromatic nitrogens is 1. The molecule has 0 fully saturated rings. The van der Waals surface area contributed by atoms with E-state index in [2.05, 4.69) is 28.5 Å². The van der Waals surface area contributed by atoms with Crippen molar-refractivity contribution in [1.29, 1.82) is 10.5 Å². The van der Waals surface area contributed by atoms with E-state index in [0.29, 0.717) is 32.4 Å². The molecule has 0 spiro atoms. The van der Waals surface area contributed by atoms with Crippen molar-refractivity contribution in [1.82, 2.24) is 10.3 Å². The van der Waals surface area contributed by atoms with Crippen molar-refractivity contribution in [2.45, 2.75) is 45.1 Å². The zero-order chi connectivity index (χ0) is 21.6. The SMILES string of the molecule is CCc1cc2ccc(C(C)(C#N)Cc3cccc(CNCCC#N)c3)cc2[nH]c1=O. The largest absolute Gasteiger partial charge is 0.322 e. The minimum absolute atomic E-state index is 0.0718. The van der Waals surface area contributed by atoms with Gasteiger partial charge >= 0.3 is 0 Å². The van der Waals surface area contributed by atoms with Crippen LogP contribution in [0.2, 0.25) is 0 Å². The summed E-state index contributed by atoms with van der Waals surface area (Å²) in [6, 6.07) is 20.6. The molecule has 1 heterocycles. The number of rotatable bonds is 8. The first-order chi connectivity index (χ1) is 14.5. The van der Waals surface area contributed by atoms with E-state index in [-0.39, 0.29) is 5.56 Å². The molecule has 0 bridgehead atoms. The second kappa shape index (κ2) is 9.39. The molecule has 0 saturated carbocycles. The fourth-order valence-corrected chi connectivity index (χ4v) is 3.69. The number of aryl methyl sites for hydroxylation is 1. The van der Waals surface area contributed by atoms with E-state index >= 15 is 0 Å². The molecule has 1 aromatic heterocycles. The molecule has 2 N–H and O–H groups in total. The van der Waals surface area contributed by atoms with Crippen LogP contribution in [-0.2, 0) is 24.8 Å². The molecular formula is C25H26N4O. The average Bonchev–Trinajstić information content (AvgIpc) is 2.76. The summed E-state index contributed by atoms with van der Waals surface area (Å²) in [4.78, 5) is 15.2. The molecular weight excluding hydrogens is 372 g/mol. The first-order valence-corrected chi connectivity index (χ1v) is 10.2. The molecule has 152 valence electrons. The van der Waals surface area contributed by atoms with Crippen molar-refractivity contribution in [2.75, 3.05) is 6.54 Å². The van der Waals surface area contributed by atoms with Crippen molar-refractivity contribution in [3.05, 3.63) is 81.1 Å². The molecule has 1 unspecified atom stereocenters. The number of hydrogen-bond donors (Lipinski definition) is 2. The third kappa shape index (κ3) is 4.76. The van der Waals surface area contributed by atoms with Gasteiger partial charge in [-0.3, -0.25) is 4.79 Å². The van der Waals surface area contributed by atoms with Gasteiger partial charge in [-0.2, -0.15) is 10.5 Å². The number of nitriles is 2. The van der Waals surface area contributed by atoms with Gasteiger partial charge in [0.1, 0.15) is 0 Å². The molecule has 30 heavy (non-hydrogen) atoms. The normalized spacial score (nSPS) is 12.8. The summed E-state index contributed by atoms with van der Waals surface area (Å²) in [5, 5.41) is 22.9. The molecule has 2 aromatic carbocycles. The van der Waals surface area contributed by atoms with Crippen LogP contribution in [0.4, 0.5) is 0 Å². The smallest absolute Gasteiger partial charge is 0.251 e. The Morgan fingerprint density at radius 3 is 2.63 bits per heavy atom. The standard InChI is InChI=1S/C25H26N4O/c1-3-20-13-21-8-9-22(14-23(21)29-24(20)30)25(2,17-27)15-18-6-4-7-19(12-18)16-28-11-5-10-26/h4,6-9,12-14,28H,3,5,11,15-16H2,1-2H3,(H,29,30). The fourth-order valence-electron chi connectivity index (χ4n) is 3.69. The lowest BCUT2D eigenvalue weighted by molar-refractivity contribution is 0.606. The number of benzene rings is 2. The van der Waals surface area contributed by atoms with Crippen LogP contribution in [0.25, 0.3) is 10.9 Å². The quantitative estimate of drug-likeness (QED) is 0.558. The van der Waals surface area contributed by atoms with Crippen LogP contribution in [0.5, 0.6) is 0 Å². The summed E-state index contributed by atoms with van der Waals surface area (Å²) in [6.45, 7) is 5.25. The van der Waals surface area contributed by atoms with E-state index in [4.69, 9.17) is 5.26 Å². The first kappa shape index (κ1) is 21.3. The number of nitrogens with zero attached hydrogens (tertiary/aromatic N) is 2. The average molecular weight is 399 g/mol. The molecule has 0 aliphatic carbocycles. The highest BCUT2D eigenvalue weighted by Gasteiger charge is 2.27. The molecule has 3 rings (SSSR count). The van der Waals surface area contributed by atoms with Crippen LogP contribution >= 0.6 is 0 Å². The molecule has 5 heteroatoms. The molecule has 0 amide bonds. The van der Waals surface area contributed by atoms with Crippen LogP contribution in [0, 0.1) is 22.7 Å². The van der Waals surface area contributed by atoms with Crippen molar-refractivity contribution in [3.8, 4) is 12.1 Å². The van der Waals surface area contributed by atoms with Crippen LogP contribution in [0.3, 0.4) is 0 Å². The van der Waals surface area contributed by atoms with Crippen LogP contribution in [-0.4, -0.2) is 11.5 Å². The molecule has 1 atom stereocenters. The van der Waals surface area contributed by atoms with Gasteiger partial charge in [0.05, 0.1) is 17.6 Å². The minimum Gasteiger partial charge on any atom is -0.322 e. The number of nitrogens with one attached hydrogen (secondary N) is 2. The highest BCUT2D eigenvalue weighted by Crippen LogP contribution is 2.30. The van der Waals surface area contributed by atoms with Gasteiger partial charge in [0.15, 0.2) is 0 Å². The number of fused-ring (bicyclic) bond motifs is 1. The Labute approximate surface area is 177 Å². The second-order valence-corrected chi connectivity index (χ2v) is 7.80. The fraction of sp³-hybridized carbons (Fsp3) is 0.320. The Kier molecular flexibility index (Phi) is 6.67. The number of aromatic amines is 1. The van der Waals surface area contributed by atoms with Crippen LogP contribution in [0.1, 0.15) is 42.5 Å². The molecule has 0 aliphatic rings. The van der Waals surface area contributed by atoms with Gasteiger partial charge in [0.2, 0.25) is 0 Å². The van der Waals surface area contributed by atoms with Gasteiger partial charge in [-0.05, 0) is 54.0 Å². The highest BCUT2D eigenvalue weighted by molar-refractivity contribution is 5.80. The van der Waals surface area contributed by atoms with E-state index in [9.17, 15) is 10.1 Å². The van der Waals surface area contributed by atoms with Gasteiger partial charge in [0.25, 0.3) is 5.56 Å². The maximum absolute atomic E-state index is 12.2. The highest BCUT2D eigenvalue weighted by atomic mass is 16.1. The van der Waals surface area contributed by atoms with E-state index in [1.807, 2.05) is 56.3 Å². The van der Waals surface area contributed by atoms with Crippen molar-refractivity contribution < 1.29 is 0 Å². The number of hydrogen-bond acceptors (Lipinski definition) is 4. The summed E-state index contributed by atoms with van der Waals surface area (Å²) >= 11 is 0. The minimum atomic E-state index is -0.721. The Bertz CT molecular complexity index is 1180. The summed E-state index contributed by atoms with van der Waals surface area (Å²) in [5.74, 6) is 0. The lowest BCUT2D eigenvalue weighted by Gasteiger charge is -2.23. The predicted molar refractivity (Wildman–Crippen MR) is 119 cm³/mol. The van der Waals surface area contributed by atoms with Gasteiger partial charge in [-0.15, -0.1) is 0 Å². The second-order valence-electron chi connectivity index (χ2n) is 7.80. The Morgan fingerprint density at radius 2 is 1.90 bits per heavy atom. The summed E-state index contributed by atoms with van der Waals surface area (Å²) < 4.78 is 0. The zero-order valence-electron chi connectivity index (χ0n) is 17.5. The maximum Gasteiger partial charge on any atom is 0.251 e. The third-order valence-corrected chi connectivity index (χ3v) is 5.48. The maximum atomic E-state index is 12.2. The van der Waals surface area contributed by atoms with E-state index < -0.39 is 5.41 Å². The summed E-state index contributed by atoms with van der Waals surface area (Å²) in [5.41, 5.74) is 3.81. The van der Waals surface area contributed by atoms with Gasteiger partial charge < -0.3 is 10.3 Å². The lowest BCUT2D eigenvalue weighted by atomic mass is 9.78. The molecule has 0 saturated heterocycles. The Morgan fingerprint density at radius 1 is 1.10 bits per heavy atom. The molecule has 5 nitrogen and oxygen atoms in total. The summed E-state index contributed by atoms with van der Waals surface area (Å²) in [7, 11) is 0. The van der Waals surface area contributed by atoms with E-state index in [0.717, 1.165) is 33.2 Å². The molecule has 3 aromatic rings.